The minimum atomic E-state index is 0.536. The molecule has 6 nitrogen and oxygen atoms in total. The number of hydrogen-bond acceptors (Lipinski definition) is 4. The van der Waals surface area contributed by atoms with Gasteiger partial charge in [-0.25, -0.2) is 4.98 Å². The average Bonchev–Trinajstić information content (AvgIpc) is 4.02. The summed E-state index contributed by atoms with van der Waals surface area (Å²) in [6.07, 6.45) is 0. The maximum Gasteiger partial charge on any atom is 0.238 e. The molecule has 0 saturated carbocycles. The lowest BCUT2D eigenvalue weighted by Crippen LogP contribution is -2.06. The molecule has 0 saturated heterocycles. The second-order valence-corrected chi connectivity index (χ2v) is 16.0. The molecule has 9 aromatic carbocycles. The van der Waals surface area contributed by atoms with Crippen LogP contribution in [0.5, 0.6) is 0 Å². The minimum absolute atomic E-state index is 0.536. The van der Waals surface area contributed by atoms with E-state index >= 15 is 0 Å². The van der Waals surface area contributed by atoms with Gasteiger partial charge in [-0.05, 0) is 65.2 Å². The van der Waals surface area contributed by atoms with Gasteiger partial charge in [-0.2, -0.15) is 9.97 Å². The van der Waals surface area contributed by atoms with E-state index in [1.165, 1.54) is 21.9 Å². The molecule has 0 aliphatic heterocycles. The number of nitrogens with zero attached hydrogens (tertiary/aromatic N) is 5. The van der Waals surface area contributed by atoms with Gasteiger partial charge in [0.15, 0.2) is 11.6 Å². The number of fused-ring (bicyclic) bond motifs is 10. The molecule has 13 aromatic rings. The molecule has 63 heavy (non-hydrogen) atoms. The van der Waals surface area contributed by atoms with Gasteiger partial charge in [0.25, 0.3) is 0 Å². The van der Waals surface area contributed by atoms with Crippen LogP contribution in [0.25, 0.3) is 122 Å². The average molecular weight is 806 g/mol. The summed E-state index contributed by atoms with van der Waals surface area (Å²) in [5.41, 5.74) is 13.4. The lowest BCUT2D eigenvalue weighted by molar-refractivity contribution is 0.669. The Balaban J connectivity index is 1.11. The normalized spacial score (nSPS) is 11.8. The second kappa shape index (κ2) is 14.0. The molecular formula is C57H35N5O. The Morgan fingerprint density at radius 3 is 1.67 bits per heavy atom. The molecule has 0 aliphatic rings. The highest BCUT2D eigenvalue weighted by Gasteiger charge is 2.24. The summed E-state index contributed by atoms with van der Waals surface area (Å²) < 4.78 is 11.0. The summed E-state index contributed by atoms with van der Waals surface area (Å²) in [6, 6.07) is 74.6. The minimum Gasteiger partial charge on any atom is -0.456 e. The summed E-state index contributed by atoms with van der Waals surface area (Å²) in [5.74, 6) is 1.69. The van der Waals surface area contributed by atoms with Crippen LogP contribution in [0, 0.1) is 0 Å². The number of rotatable bonds is 6. The van der Waals surface area contributed by atoms with Gasteiger partial charge in [-0.3, -0.25) is 4.57 Å². The fourth-order valence-corrected chi connectivity index (χ4v) is 9.54. The highest BCUT2D eigenvalue weighted by atomic mass is 16.3. The summed E-state index contributed by atoms with van der Waals surface area (Å²) in [7, 11) is 0. The maximum absolute atomic E-state index is 6.35. The fraction of sp³-hybridized carbons (Fsp3) is 0. The fourth-order valence-electron chi connectivity index (χ4n) is 9.54. The third-order valence-corrected chi connectivity index (χ3v) is 12.4. The highest BCUT2D eigenvalue weighted by Crippen LogP contribution is 2.44. The van der Waals surface area contributed by atoms with Gasteiger partial charge in [0, 0.05) is 49.0 Å². The van der Waals surface area contributed by atoms with Crippen LogP contribution in [0.1, 0.15) is 0 Å². The summed E-state index contributed by atoms with van der Waals surface area (Å²) in [4.78, 5) is 15.7. The third-order valence-electron chi connectivity index (χ3n) is 12.4. The van der Waals surface area contributed by atoms with E-state index < -0.39 is 0 Å². The molecule has 0 N–H and O–H groups in total. The van der Waals surface area contributed by atoms with Gasteiger partial charge < -0.3 is 8.98 Å². The standard InChI is InChI=1S/C57H35N5O/c1-4-16-36(17-5-1)39-29-32-49(46(34-39)37-18-6-2-7-19-37)61-47-25-13-10-22-41(47)44-31-33-50-53(54(44)61)45-24-11-14-26-48(45)62(50)57-59-55(38-20-8-3-9-21-38)58-56(60-57)40-28-30-43-42-23-12-15-27-51(42)63-52(43)35-40/h1-35H. The molecule has 0 bridgehead atoms. The number of para-hydroxylation sites is 3. The molecule has 294 valence electrons. The number of aromatic nitrogens is 5. The first kappa shape index (κ1) is 35.2. The van der Waals surface area contributed by atoms with E-state index in [4.69, 9.17) is 19.4 Å². The molecule has 0 atom stereocenters. The van der Waals surface area contributed by atoms with E-state index in [0.717, 1.165) is 82.7 Å². The number of furan rings is 1. The van der Waals surface area contributed by atoms with E-state index in [2.05, 4.69) is 167 Å². The smallest absolute Gasteiger partial charge is 0.238 e. The Bertz CT molecular complexity index is 3900. The molecule has 0 spiro atoms. The van der Waals surface area contributed by atoms with Crippen molar-refractivity contribution in [3.8, 4) is 56.7 Å². The lowest BCUT2D eigenvalue weighted by Gasteiger charge is -2.17. The SMILES string of the molecule is c1ccc(-c2ccc(-n3c4ccccc4c4ccc5c(c6ccccc6n5-c5nc(-c6ccccc6)nc(-c6ccc7c(c6)oc6ccccc67)n5)c43)c(-c3ccccc3)c2)cc1. The summed E-state index contributed by atoms with van der Waals surface area (Å²) in [6.45, 7) is 0. The molecule has 13 rings (SSSR count). The molecule has 4 aromatic heterocycles. The van der Waals surface area contributed by atoms with E-state index in [-0.39, 0.29) is 0 Å². The van der Waals surface area contributed by atoms with Gasteiger partial charge in [-0.1, -0.05) is 164 Å². The summed E-state index contributed by atoms with van der Waals surface area (Å²) in [5, 5.41) is 6.73. The van der Waals surface area contributed by atoms with Crippen molar-refractivity contribution >= 4 is 65.6 Å². The number of benzene rings is 9. The quantitative estimate of drug-likeness (QED) is 0.168. The highest BCUT2D eigenvalue weighted by molar-refractivity contribution is 6.26. The van der Waals surface area contributed by atoms with Crippen molar-refractivity contribution < 1.29 is 4.42 Å². The Labute approximate surface area is 361 Å². The van der Waals surface area contributed by atoms with Crippen molar-refractivity contribution in [2.45, 2.75) is 0 Å². The van der Waals surface area contributed by atoms with E-state index in [0.29, 0.717) is 17.6 Å². The predicted octanol–water partition coefficient (Wildman–Crippen LogP) is 14.6. The molecule has 0 radical (unpaired) electrons. The Kier molecular flexibility index (Phi) is 7.80. The Hall–Kier alpha value is -8.61. The zero-order valence-electron chi connectivity index (χ0n) is 33.9. The lowest BCUT2D eigenvalue weighted by atomic mass is 9.97. The van der Waals surface area contributed by atoms with Crippen molar-refractivity contribution in [2.75, 3.05) is 0 Å². The van der Waals surface area contributed by atoms with E-state index in [1.54, 1.807) is 0 Å². The van der Waals surface area contributed by atoms with E-state index in [9.17, 15) is 0 Å². The zero-order chi connectivity index (χ0) is 41.4. The number of hydrogen-bond donors (Lipinski definition) is 0. The molecule has 0 fully saturated rings. The molecular weight excluding hydrogens is 771 g/mol. The molecule has 0 unspecified atom stereocenters. The van der Waals surface area contributed by atoms with Gasteiger partial charge in [0.2, 0.25) is 5.95 Å². The van der Waals surface area contributed by atoms with Gasteiger partial charge >= 0.3 is 0 Å². The van der Waals surface area contributed by atoms with Crippen LogP contribution < -0.4 is 0 Å². The first-order valence-corrected chi connectivity index (χ1v) is 21.2. The van der Waals surface area contributed by atoms with Crippen LogP contribution in [0.2, 0.25) is 0 Å². The maximum atomic E-state index is 6.35. The monoisotopic (exact) mass is 805 g/mol. The van der Waals surface area contributed by atoms with Crippen LogP contribution in [-0.2, 0) is 0 Å². The van der Waals surface area contributed by atoms with Crippen LogP contribution >= 0.6 is 0 Å². The van der Waals surface area contributed by atoms with Crippen molar-refractivity contribution in [2.24, 2.45) is 0 Å². The van der Waals surface area contributed by atoms with Gasteiger partial charge in [0.1, 0.15) is 11.2 Å². The zero-order valence-corrected chi connectivity index (χ0v) is 33.9. The van der Waals surface area contributed by atoms with Crippen molar-refractivity contribution in [3.63, 3.8) is 0 Å². The molecule has 0 aliphatic carbocycles. The van der Waals surface area contributed by atoms with Crippen molar-refractivity contribution in [3.05, 3.63) is 212 Å². The van der Waals surface area contributed by atoms with Crippen LogP contribution in [0.3, 0.4) is 0 Å². The Morgan fingerprint density at radius 1 is 0.333 bits per heavy atom. The second-order valence-electron chi connectivity index (χ2n) is 16.0. The summed E-state index contributed by atoms with van der Waals surface area (Å²) >= 11 is 0. The first-order chi connectivity index (χ1) is 31.2. The third kappa shape index (κ3) is 5.55. The van der Waals surface area contributed by atoms with Crippen LogP contribution in [0.15, 0.2) is 217 Å². The van der Waals surface area contributed by atoms with E-state index in [1.807, 2.05) is 54.6 Å². The van der Waals surface area contributed by atoms with Gasteiger partial charge in [-0.15, -0.1) is 0 Å². The first-order valence-electron chi connectivity index (χ1n) is 21.2. The van der Waals surface area contributed by atoms with Crippen LogP contribution in [0.4, 0.5) is 0 Å². The largest absolute Gasteiger partial charge is 0.456 e. The van der Waals surface area contributed by atoms with Crippen molar-refractivity contribution in [1.82, 2.24) is 24.1 Å². The van der Waals surface area contributed by atoms with Crippen LogP contribution in [-0.4, -0.2) is 24.1 Å². The topological polar surface area (TPSA) is 61.7 Å². The Morgan fingerprint density at radius 2 is 0.905 bits per heavy atom. The molecule has 0 amide bonds. The molecule has 4 heterocycles. The van der Waals surface area contributed by atoms with Crippen molar-refractivity contribution in [1.29, 1.82) is 0 Å². The molecule has 6 heteroatoms. The van der Waals surface area contributed by atoms with Gasteiger partial charge in [0.05, 0.1) is 27.8 Å². The predicted molar refractivity (Wildman–Crippen MR) is 258 cm³/mol.